The van der Waals surface area contributed by atoms with E-state index in [1.165, 1.54) is 12.1 Å². The number of nitrogens with zero attached hydrogens (tertiary/aromatic N) is 1. The number of hydrogen-bond donors (Lipinski definition) is 1. The van der Waals surface area contributed by atoms with Crippen LogP contribution in [0.2, 0.25) is 0 Å². The van der Waals surface area contributed by atoms with E-state index in [9.17, 15) is 9.30 Å². The first-order chi connectivity index (χ1) is 5.15. The van der Waals surface area contributed by atoms with Crippen LogP contribution in [0.3, 0.4) is 0 Å². The van der Waals surface area contributed by atoms with Crippen molar-refractivity contribution in [3.05, 3.63) is 28.4 Å². The lowest BCUT2D eigenvalue weighted by molar-refractivity contribution is 0.601. The van der Waals surface area contributed by atoms with Gasteiger partial charge in [-0.3, -0.25) is 0 Å². The zero-order chi connectivity index (χ0) is 8.43. The Labute approximate surface area is 68.8 Å². The summed E-state index contributed by atoms with van der Waals surface area (Å²) in [5.41, 5.74) is 0.756. The maximum Gasteiger partial charge on any atom is 0.136 e. The maximum absolute atomic E-state index is 12.7. The van der Waals surface area contributed by atoms with Crippen molar-refractivity contribution in [1.29, 1.82) is 0 Å². The molecule has 2 nitrogen and oxygen atoms in total. The van der Waals surface area contributed by atoms with Crippen LogP contribution in [0.15, 0.2) is 22.2 Å². The smallest absolute Gasteiger partial charge is 0.136 e. The monoisotopic (exact) mass is 171 g/mol. The topological polar surface area (TPSA) is 29.4 Å². The highest BCUT2D eigenvalue weighted by atomic mass is 32.1. The standard InChI is InChI=1S/C7H6FNOS/c1-4-2-5(8)7(11)3-6(4)9-10/h2-3,11H,1H3. The van der Waals surface area contributed by atoms with Gasteiger partial charge in [-0.05, 0) is 29.8 Å². The van der Waals surface area contributed by atoms with Gasteiger partial charge in [0.25, 0.3) is 0 Å². The Morgan fingerprint density at radius 2 is 2.18 bits per heavy atom. The second-order valence-corrected chi connectivity index (χ2v) is 2.66. The van der Waals surface area contributed by atoms with Gasteiger partial charge in [-0.15, -0.1) is 17.5 Å². The Bertz CT molecular complexity index is 301. The fourth-order valence-electron chi connectivity index (χ4n) is 0.749. The van der Waals surface area contributed by atoms with Crippen LogP contribution in [0.4, 0.5) is 10.1 Å². The Hall–Kier alpha value is -0.900. The van der Waals surface area contributed by atoms with E-state index in [0.717, 1.165) is 0 Å². The van der Waals surface area contributed by atoms with Gasteiger partial charge in [0.05, 0.1) is 0 Å². The molecule has 0 amide bonds. The average Bonchev–Trinajstić information content (AvgIpc) is 1.97. The molecule has 0 unspecified atom stereocenters. The van der Waals surface area contributed by atoms with Gasteiger partial charge in [-0.1, -0.05) is 0 Å². The van der Waals surface area contributed by atoms with Crippen molar-refractivity contribution in [2.24, 2.45) is 5.18 Å². The summed E-state index contributed by atoms with van der Waals surface area (Å²) in [6.07, 6.45) is 0. The summed E-state index contributed by atoms with van der Waals surface area (Å²) in [6, 6.07) is 2.54. The predicted octanol–water partition coefficient (Wildman–Crippen LogP) is 2.82. The van der Waals surface area contributed by atoms with Gasteiger partial charge in [0.1, 0.15) is 11.5 Å². The number of thiol groups is 1. The summed E-state index contributed by atoms with van der Waals surface area (Å²) >= 11 is 3.79. The zero-order valence-corrected chi connectivity index (χ0v) is 6.73. The van der Waals surface area contributed by atoms with Crippen LogP contribution in [0, 0.1) is 17.6 Å². The number of hydrogen-bond acceptors (Lipinski definition) is 3. The van der Waals surface area contributed by atoms with Crippen LogP contribution in [0.5, 0.6) is 0 Å². The minimum Gasteiger partial charge on any atom is -0.206 e. The van der Waals surface area contributed by atoms with Crippen LogP contribution in [-0.2, 0) is 0 Å². The highest BCUT2D eigenvalue weighted by Gasteiger charge is 2.03. The number of halogens is 1. The Morgan fingerprint density at radius 1 is 1.55 bits per heavy atom. The largest absolute Gasteiger partial charge is 0.206 e. The van der Waals surface area contributed by atoms with Crippen LogP contribution >= 0.6 is 12.6 Å². The quantitative estimate of drug-likeness (QED) is 0.511. The molecule has 11 heavy (non-hydrogen) atoms. The average molecular weight is 171 g/mol. The Morgan fingerprint density at radius 3 is 2.73 bits per heavy atom. The second-order valence-electron chi connectivity index (χ2n) is 2.18. The van der Waals surface area contributed by atoms with E-state index in [0.29, 0.717) is 5.56 Å². The van der Waals surface area contributed by atoms with Crippen LogP contribution in [-0.4, -0.2) is 0 Å². The number of benzene rings is 1. The molecule has 58 valence electrons. The molecule has 0 saturated heterocycles. The van der Waals surface area contributed by atoms with Gasteiger partial charge < -0.3 is 0 Å². The normalized spacial score (nSPS) is 9.73. The number of rotatable bonds is 1. The zero-order valence-electron chi connectivity index (χ0n) is 5.84. The summed E-state index contributed by atoms with van der Waals surface area (Å²) in [4.78, 5) is 10.2. The summed E-state index contributed by atoms with van der Waals surface area (Å²) < 4.78 is 12.7. The molecular weight excluding hydrogens is 165 g/mol. The summed E-state index contributed by atoms with van der Waals surface area (Å²) in [5, 5.41) is 2.71. The molecular formula is C7H6FNOS. The van der Waals surface area contributed by atoms with Gasteiger partial charge >= 0.3 is 0 Å². The van der Waals surface area contributed by atoms with E-state index < -0.39 is 5.82 Å². The molecule has 1 rings (SSSR count). The lowest BCUT2D eigenvalue weighted by atomic mass is 10.2. The first-order valence-electron chi connectivity index (χ1n) is 2.97. The minimum atomic E-state index is -0.432. The molecule has 0 radical (unpaired) electrons. The van der Waals surface area contributed by atoms with Crippen molar-refractivity contribution in [1.82, 2.24) is 0 Å². The number of aryl methyl sites for hydroxylation is 1. The molecule has 0 bridgehead atoms. The lowest BCUT2D eigenvalue weighted by Crippen LogP contribution is -1.80. The van der Waals surface area contributed by atoms with Crippen molar-refractivity contribution in [2.75, 3.05) is 0 Å². The van der Waals surface area contributed by atoms with E-state index in [4.69, 9.17) is 0 Å². The Kier molecular flexibility index (Phi) is 2.24. The van der Waals surface area contributed by atoms with Crippen LogP contribution < -0.4 is 0 Å². The number of nitroso groups, excluding NO2 is 1. The molecule has 0 heterocycles. The van der Waals surface area contributed by atoms with Crippen molar-refractivity contribution in [3.63, 3.8) is 0 Å². The van der Waals surface area contributed by atoms with Crippen LogP contribution in [0.1, 0.15) is 5.56 Å². The first-order valence-corrected chi connectivity index (χ1v) is 3.42. The maximum atomic E-state index is 12.7. The Balaban J connectivity index is 3.31. The van der Waals surface area contributed by atoms with Crippen molar-refractivity contribution in [3.8, 4) is 0 Å². The van der Waals surface area contributed by atoms with E-state index in [-0.39, 0.29) is 10.6 Å². The highest BCUT2D eigenvalue weighted by Crippen LogP contribution is 2.24. The lowest BCUT2D eigenvalue weighted by Gasteiger charge is -1.98. The van der Waals surface area contributed by atoms with Crippen molar-refractivity contribution >= 4 is 18.3 Å². The molecule has 0 aliphatic heterocycles. The molecule has 1 aromatic carbocycles. The van der Waals surface area contributed by atoms with E-state index in [1.807, 2.05) is 0 Å². The summed E-state index contributed by atoms with van der Waals surface area (Å²) in [7, 11) is 0. The molecule has 0 aromatic heterocycles. The van der Waals surface area contributed by atoms with Gasteiger partial charge in [0.15, 0.2) is 0 Å². The van der Waals surface area contributed by atoms with Gasteiger partial charge in [0, 0.05) is 4.90 Å². The molecule has 0 fully saturated rings. The molecule has 0 N–H and O–H groups in total. The highest BCUT2D eigenvalue weighted by molar-refractivity contribution is 7.80. The SMILES string of the molecule is Cc1cc(F)c(S)cc1N=O. The molecule has 1 aromatic rings. The van der Waals surface area contributed by atoms with E-state index in [2.05, 4.69) is 17.8 Å². The second kappa shape index (κ2) is 3.00. The molecule has 0 atom stereocenters. The fourth-order valence-corrected chi connectivity index (χ4v) is 0.935. The van der Waals surface area contributed by atoms with Crippen molar-refractivity contribution < 1.29 is 4.39 Å². The first kappa shape index (κ1) is 8.20. The van der Waals surface area contributed by atoms with E-state index in [1.54, 1.807) is 6.92 Å². The fraction of sp³-hybridized carbons (Fsp3) is 0.143. The molecule has 0 aliphatic carbocycles. The third-order valence-corrected chi connectivity index (χ3v) is 1.71. The van der Waals surface area contributed by atoms with Gasteiger partial charge in [0.2, 0.25) is 0 Å². The third kappa shape index (κ3) is 1.57. The van der Waals surface area contributed by atoms with Gasteiger partial charge in [-0.2, -0.15) is 0 Å². The molecule has 4 heteroatoms. The molecule has 0 saturated carbocycles. The summed E-state index contributed by atoms with van der Waals surface area (Å²) in [5.74, 6) is -0.432. The minimum absolute atomic E-state index is 0.144. The third-order valence-electron chi connectivity index (χ3n) is 1.36. The van der Waals surface area contributed by atoms with E-state index >= 15 is 0 Å². The summed E-state index contributed by atoms with van der Waals surface area (Å²) in [6.45, 7) is 1.62. The van der Waals surface area contributed by atoms with Crippen molar-refractivity contribution in [2.45, 2.75) is 11.8 Å². The predicted molar refractivity (Wildman–Crippen MR) is 43.8 cm³/mol. The molecule has 0 spiro atoms. The molecule has 0 aliphatic rings. The van der Waals surface area contributed by atoms with Gasteiger partial charge in [-0.25, -0.2) is 4.39 Å². The van der Waals surface area contributed by atoms with Crippen LogP contribution in [0.25, 0.3) is 0 Å².